The Labute approximate surface area is 117 Å². The molecule has 0 aliphatic heterocycles. The van der Waals surface area contributed by atoms with Crippen molar-refractivity contribution in [1.82, 2.24) is 15.2 Å². The van der Waals surface area contributed by atoms with Gasteiger partial charge in [0.05, 0.1) is 16.9 Å². The molecule has 100 valence electrons. The zero-order chi connectivity index (χ0) is 13.7. The molecule has 0 aliphatic carbocycles. The Morgan fingerprint density at radius 2 is 1.95 bits per heavy atom. The standard InChI is InChI=1S/C13H16ClN5/c1-3-19(4-2)13-17-12(9-15-18-13)16-11-8-6-5-7-10(11)14/h5-9H,3-4H2,1-2H3,(H,16,17,18). The van der Waals surface area contributed by atoms with Gasteiger partial charge in [0.25, 0.3) is 0 Å². The Morgan fingerprint density at radius 1 is 1.21 bits per heavy atom. The number of hydrogen-bond acceptors (Lipinski definition) is 5. The van der Waals surface area contributed by atoms with Gasteiger partial charge in [0, 0.05) is 13.1 Å². The summed E-state index contributed by atoms with van der Waals surface area (Å²) in [6, 6.07) is 7.51. The lowest BCUT2D eigenvalue weighted by atomic mass is 10.3. The van der Waals surface area contributed by atoms with E-state index in [0.717, 1.165) is 18.8 Å². The summed E-state index contributed by atoms with van der Waals surface area (Å²) in [6.45, 7) is 5.80. The van der Waals surface area contributed by atoms with Crippen molar-refractivity contribution < 1.29 is 0 Å². The first kappa shape index (κ1) is 13.5. The van der Waals surface area contributed by atoms with Crippen LogP contribution in [0.15, 0.2) is 30.5 Å². The molecule has 0 radical (unpaired) electrons. The quantitative estimate of drug-likeness (QED) is 0.910. The highest BCUT2D eigenvalue weighted by Crippen LogP contribution is 2.23. The summed E-state index contributed by atoms with van der Waals surface area (Å²) >= 11 is 6.09. The molecule has 1 aromatic heterocycles. The van der Waals surface area contributed by atoms with Gasteiger partial charge in [0.2, 0.25) is 5.95 Å². The van der Waals surface area contributed by atoms with Gasteiger partial charge in [-0.2, -0.15) is 10.1 Å². The first-order valence-corrected chi connectivity index (χ1v) is 6.58. The largest absolute Gasteiger partial charge is 0.340 e. The predicted octanol–water partition coefficient (Wildman–Crippen LogP) is 3.11. The van der Waals surface area contributed by atoms with Gasteiger partial charge in [-0.05, 0) is 26.0 Å². The zero-order valence-corrected chi connectivity index (χ0v) is 11.7. The lowest BCUT2D eigenvalue weighted by Crippen LogP contribution is -2.24. The minimum Gasteiger partial charge on any atom is -0.340 e. The summed E-state index contributed by atoms with van der Waals surface area (Å²) in [6.07, 6.45) is 1.58. The van der Waals surface area contributed by atoms with Gasteiger partial charge >= 0.3 is 0 Å². The summed E-state index contributed by atoms with van der Waals surface area (Å²) in [5, 5.41) is 11.8. The lowest BCUT2D eigenvalue weighted by Gasteiger charge is -2.18. The molecule has 2 aromatic rings. The molecule has 1 heterocycles. The molecule has 5 nitrogen and oxygen atoms in total. The second-order valence-electron chi connectivity index (χ2n) is 3.92. The van der Waals surface area contributed by atoms with Crippen molar-refractivity contribution >= 4 is 29.1 Å². The highest BCUT2D eigenvalue weighted by Gasteiger charge is 2.08. The number of benzene rings is 1. The predicted molar refractivity (Wildman–Crippen MR) is 78.1 cm³/mol. The molecular weight excluding hydrogens is 262 g/mol. The van der Waals surface area contributed by atoms with Crippen LogP contribution in [0.1, 0.15) is 13.8 Å². The molecule has 0 spiro atoms. The van der Waals surface area contributed by atoms with Crippen LogP contribution in [0.25, 0.3) is 0 Å². The maximum absolute atomic E-state index is 6.09. The van der Waals surface area contributed by atoms with Crippen LogP contribution in [0.3, 0.4) is 0 Å². The van der Waals surface area contributed by atoms with Crippen molar-refractivity contribution in [3.05, 3.63) is 35.5 Å². The molecule has 0 saturated heterocycles. The molecule has 0 saturated carbocycles. The summed E-state index contributed by atoms with van der Waals surface area (Å²) in [7, 11) is 0. The van der Waals surface area contributed by atoms with E-state index in [9.17, 15) is 0 Å². The summed E-state index contributed by atoms with van der Waals surface area (Å²) in [5.41, 5.74) is 0.801. The third-order valence-corrected chi connectivity index (χ3v) is 3.06. The van der Waals surface area contributed by atoms with Crippen LogP contribution in [-0.2, 0) is 0 Å². The van der Waals surface area contributed by atoms with Gasteiger partial charge in [-0.3, -0.25) is 0 Å². The summed E-state index contributed by atoms with van der Waals surface area (Å²) in [5.74, 6) is 1.24. The van der Waals surface area contributed by atoms with E-state index in [0.29, 0.717) is 16.8 Å². The van der Waals surface area contributed by atoms with Crippen molar-refractivity contribution in [3.8, 4) is 0 Å². The van der Waals surface area contributed by atoms with E-state index < -0.39 is 0 Å². The number of hydrogen-bond donors (Lipinski definition) is 1. The Hall–Kier alpha value is -1.88. The van der Waals surface area contributed by atoms with Crippen molar-refractivity contribution in [2.24, 2.45) is 0 Å². The van der Waals surface area contributed by atoms with E-state index in [4.69, 9.17) is 11.6 Å². The van der Waals surface area contributed by atoms with Gasteiger partial charge in [0.1, 0.15) is 0 Å². The second-order valence-corrected chi connectivity index (χ2v) is 4.33. The zero-order valence-electron chi connectivity index (χ0n) is 11.0. The van der Waals surface area contributed by atoms with Crippen molar-refractivity contribution in [2.45, 2.75) is 13.8 Å². The number of anilines is 3. The second kappa shape index (κ2) is 6.33. The van der Waals surface area contributed by atoms with Crippen LogP contribution in [0.2, 0.25) is 5.02 Å². The normalized spacial score (nSPS) is 10.3. The van der Waals surface area contributed by atoms with E-state index in [1.54, 1.807) is 6.20 Å². The average Bonchev–Trinajstić information content (AvgIpc) is 2.43. The van der Waals surface area contributed by atoms with Gasteiger partial charge in [-0.25, -0.2) is 0 Å². The highest BCUT2D eigenvalue weighted by atomic mass is 35.5. The minimum absolute atomic E-state index is 0.613. The van der Waals surface area contributed by atoms with Crippen LogP contribution < -0.4 is 10.2 Å². The lowest BCUT2D eigenvalue weighted by molar-refractivity contribution is 0.796. The number of para-hydroxylation sites is 1. The van der Waals surface area contributed by atoms with Crippen LogP contribution in [0.5, 0.6) is 0 Å². The van der Waals surface area contributed by atoms with Gasteiger partial charge < -0.3 is 10.2 Å². The summed E-state index contributed by atoms with van der Waals surface area (Å²) in [4.78, 5) is 6.47. The Kier molecular flexibility index (Phi) is 4.52. The molecular formula is C13H16ClN5. The number of aromatic nitrogens is 3. The molecule has 1 N–H and O–H groups in total. The SMILES string of the molecule is CCN(CC)c1nncc(Nc2ccccc2Cl)n1. The van der Waals surface area contributed by atoms with Crippen molar-refractivity contribution in [1.29, 1.82) is 0 Å². The highest BCUT2D eigenvalue weighted by molar-refractivity contribution is 6.33. The molecule has 0 atom stereocenters. The fourth-order valence-corrected chi connectivity index (χ4v) is 1.88. The maximum atomic E-state index is 6.09. The van der Waals surface area contributed by atoms with Crippen LogP contribution >= 0.6 is 11.6 Å². The smallest absolute Gasteiger partial charge is 0.247 e. The molecule has 2 rings (SSSR count). The van der Waals surface area contributed by atoms with E-state index in [-0.39, 0.29) is 0 Å². The Balaban J connectivity index is 2.22. The third-order valence-electron chi connectivity index (χ3n) is 2.73. The van der Waals surface area contributed by atoms with Crippen molar-refractivity contribution in [2.75, 3.05) is 23.3 Å². The molecule has 0 fully saturated rings. The molecule has 0 unspecified atom stereocenters. The molecule has 1 aromatic carbocycles. The summed E-state index contributed by atoms with van der Waals surface area (Å²) < 4.78 is 0. The van der Waals surface area contributed by atoms with Gasteiger partial charge in [0.15, 0.2) is 5.82 Å². The van der Waals surface area contributed by atoms with Gasteiger partial charge in [-0.15, -0.1) is 5.10 Å². The molecule has 0 aliphatic rings. The molecule has 6 heteroatoms. The number of nitrogens with zero attached hydrogens (tertiary/aromatic N) is 4. The molecule has 0 bridgehead atoms. The Morgan fingerprint density at radius 3 is 2.63 bits per heavy atom. The van der Waals surface area contributed by atoms with E-state index in [1.807, 2.05) is 29.2 Å². The first-order chi connectivity index (χ1) is 9.24. The molecule has 19 heavy (non-hydrogen) atoms. The van der Waals surface area contributed by atoms with Crippen LogP contribution in [0, 0.1) is 0 Å². The monoisotopic (exact) mass is 277 g/mol. The van der Waals surface area contributed by atoms with Crippen LogP contribution in [-0.4, -0.2) is 28.3 Å². The number of nitrogens with one attached hydrogen (secondary N) is 1. The van der Waals surface area contributed by atoms with Gasteiger partial charge in [-0.1, -0.05) is 23.7 Å². The topological polar surface area (TPSA) is 53.9 Å². The first-order valence-electron chi connectivity index (χ1n) is 6.20. The Bertz CT molecular complexity index is 542. The minimum atomic E-state index is 0.613. The fourth-order valence-electron chi connectivity index (χ4n) is 1.70. The van der Waals surface area contributed by atoms with E-state index >= 15 is 0 Å². The van der Waals surface area contributed by atoms with E-state index in [1.165, 1.54) is 0 Å². The fraction of sp³-hybridized carbons (Fsp3) is 0.308. The average molecular weight is 278 g/mol. The van der Waals surface area contributed by atoms with Crippen LogP contribution in [0.4, 0.5) is 17.5 Å². The number of rotatable bonds is 5. The molecule has 0 amide bonds. The third kappa shape index (κ3) is 3.32. The van der Waals surface area contributed by atoms with E-state index in [2.05, 4.69) is 34.3 Å². The van der Waals surface area contributed by atoms with Crippen molar-refractivity contribution in [3.63, 3.8) is 0 Å². The number of halogens is 1. The maximum Gasteiger partial charge on any atom is 0.247 e.